The Labute approximate surface area is 145 Å². The predicted molar refractivity (Wildman–Crippen MR) is 93.1 cm³/mol. The Kier molecular flexibility index (Phi) is 2.92. The summed E-state index contributed by atoms with van der Waals surface area (Å²) in [7, 11) is 0. The SMILES string of the molecule is N#Cc1ccc2c(c1)CCC(C1c3ccccc3-c3cncn31)C2=O. The van der Waals surface area contributed by atoms with Gasteiger partial charge in [-0.2, -0.15) is 5.26 Å². The number of nitrogens with zero attached hydrogens (tertiary/aromatic N) is 3. The number of aromatic nitrogens is 2. The smallest absolute Gasteiger partial charge is 0.168 e. The zero-order valence-corrected chi connectivity index (χ0v) is 13.5. The summed E-state index contributed by atoms with van der Waals surface area (Å²) in [4.78, 5) is 17.5. The van der Waals surface area contributed by atoms with Gasteiger partial charge < -0.3 is 4.57 Å². The first kappa shape index (κ1) is 14.2. The highest BCUT2D eigenvalue weighted by molar-refractivity contribution is 6.01. The minimum Gasteiger partial charge on any atom is -0.322 e. The number of benzene rings is 2. The molecular formula is C21H15N3O. The number of nitriles is 1. The number of hydrogen-bond donors (Lipinski definition) is 0. The lowest BCUT2D eigenvalue weighted by atomic mass is 9.76. The molecule has 5 rings (SSSR count). The summed E-state index contributed by atoms with van der Waals surface area (Å²) < 4.78 is 2.14. The average molecular weight is 325 g/mol. The molecule has 2 unspecified atom stereocenters. The van der Waals surface area contributed by atoms with Gasteiger partial charge in [0, 0.05) is 17.0 Å². The molecule has 0 amide bonds. The molecule has 1 aliphatic heterocycles. The number of carbonyl (C=O) groups is 1. The molecule has 2 aliphatic rings. The first-order valence-corrected chi connectivity index (χ1v) is 8.46. The van der Waals surface area contributed by atoms with Gasteiger partial charge in [0.15, 0.2) is 5.78 Å². The molecule has 4 heteroatoms. The van der Waals surface area contributed by atoms with Gasteiger partial charge in [-0.25, -0.2) is 4.98 Å². The number of carbonyl (C=O) groups excluding carboxylic acids is 1. The van der Waals surface area contributed by atoms with Crippen LogP contribution in [-0.2, 0) is 6.42 Å². The van der Waals surface area contributed by atoms with Gasteiger partial charge in [0.2, 0.25) is 0 Å². The van der Waals surface area contributed by atoms with Crippen molar-refractivity contribution in [2.24, 2.45) is 5.92 Å². The van der Waals surface area contributed by atoms with Gasteiger partial charge in [0.1, 0.15) is 0 Å². The number of hydrogen-bond acceptors (Lipinski definition) is 3. The van der Waals surface area contributed by atoms with Crippen LogP contribution in [0.4, 0.5) is 0 Å². The van der Waals surface area contributed by atoms with Crippen molar-refractivity contribution in [3.63, 3.8) is 0 Å². The lowest BCUT2D eigenvalue weighted by molar-refractivity contribution is 0.0871. The summed E-state index contributed by atoms with van der Waals surface area (Å²) in [5, 5.41) is 9.08. The lowest BCUT2D eigenvalue weighted by Crippen LogP contribution is -2.30. The molecule has 2 heterocycles. The Hall–Kier alpha value is -3.19. The highest BCUT2D eigenvalue weighted by Gasteiger charge is 2.40. The van der Waals surface area contributed by atoms with E-state index in [1.54, 1.807) is 6.07 Å². The normalized spacial score (nSPS) is 20.5. The van der Waals surface area contributed by atoms with Crippen LogP contribution in [0.2, 0.25) is 0 Å². The molecule has 0 fully saturated rings. The molecule has 0 radical (unpaired) electrons. The van der Waals surface area contributed by atoms with E-state index in [2.05, 4.69) is 27.8 Å². The molecule has 2 aromatic carbocycles. The molecule has 3 aromatic rings. The highest BCUT2D eigenvalue weighted by Crippen LogP contribution is 2.46. The van der Waals surface area contributed by atoms with E-state index in [9.17, 15) is 4.79 Å². The topological polar surface area (TPSA) is 58.7 Å². The summed E-state index contributed by atoms with van der Waals surface area (Å²) in [6.07, 6.45) is 5.32. The van der Waals surface area contributed by atoms with Crippen LogP contribution in [0.15, 0.2) is 55.0 Å². The monoisotopic (exact) mass is 325 g/mol. The summed E-state index contributed by atoms with van der Waals surface area (Å²) in [5.41, 5.74) is 5.84. The van der Waals surface area contributed by atoms with Crippen LogP contribution in [0.3, 0.4) is 0 Å². The maximum absolute atomic E-state index is 13.2. The van der Waals surface area contributed by atoms with Gasteiger partial charge in [-0.3, -0.25) is 4.79 Å². The van der Waals surface area contributed by atoms with Crippen LogP contribution < -0.4 is 0 Å². The Balaban J connectivity index is 1.61. The summed E-state index contributed by atoms with van der Waals surface area (Å²) in [6.45, 7) is 0. The number of rotatable bonds is 1. The molecule has 2 atom stereocenters. The van der Waals surface area contributed by atoms with Crippen LogP contribution in [0.25, 0.3) is 11.3 Å². The fourth-order valence-corrected chi connectivity index (χ4v) is 4.34. The van der Waals surface area contributed by atoms with E-state index in [1.807, 2.05) is 36.8 Å². The van der Waals surface area contributed by atoms with Crippen molar-refractivity contribution in [2.45, 2.75) is 18.9 Å². The highest BCUT2D eigenvalue weighted by atomic mass is 16.1. The second-order valence-corrected chi connectivity index (χ2v) is 6.71. The quantitative estimate of drug-likeness (QED) is 0.684. The molecule has 4 nitrogen and oxygen atoms in total. The van der Waals surface area contributed by atoms with Crippen molar-refractivity contribution in [1.82, 2.24) is 9.55 Å². The number of Topliss-reactive ketones (excluding diaryl/α,β-unsaturated/α-hetero) is 1. The zero-order chi connectivity index (χ0) is 17.0. The van der Waals surface area contributed by atoms with Gasteiger partial charge >= 0.3 is 0 Å². The zero-order valence-electron chi connectivity index (χ0n) is 13.5. The van der Waals surface area contributed by atoms with E-state index in [4.69, 9.17) is 5.26 Å². The largest absolute Gasteiger partial charge is 0.322 e. The van der Waals surface area contributed by atoms with Crippen molar-refractivity contribution in [3.8, 4) is 17.3 Å². The van der Waals surface area contributed by atoms with Crippen molar-refractivity contribution in [1.29, 1.82) is 5.26 Å². The van der Waals surface area contributed by atoms with Crippen molar-refractivity contribution < 1.29 is 4.79 Å². The van der Waals surface area contributed by atoms with Crippen LogP contribution >= 0.6 is 0 Å². The van der Waals surface area contributed by atoms with Crippen LogP contribution in [-0.4, -0.2) is 15.3 Å². The fourth-order valence-electron chi connectivity index (χ4n) is 4.34. The molecule has 0 spiro atoms. The molecule has 120 valence electrons. The Morgan fingerprint density at radius 3 is 2.92 bits per heavy atom. The number of ketones is 1. The van der Waals surface area contributed by atoms with Gasteiger partial charge in [-0.1, -0.05) is 24.3 Å². The maximum atomic E-state index is 13.2. The van der Waals surface area contributed by atoms with E-state index in [0.29, 0.717) is 5.56 Å². The number of imidazole rings is 1. The summed E-state index contributed by atoms with van der Waals surface area (Å²) in [5.74, 6) is 0.0733. The first-order valence-electron chi connectivity index (χ1n) is 8.46. The van der Waals surface area contributed by atoms with Gasteiger partial charge in [-0.15, -0.1) is 0 Å². The molecule has 25 heavy (non-hydrogen) atoms. The molecule has 1 aromatic heterocycles. The average Bonchev–Trinajstić information content (AvgIpc) is 3.23. The maximum Gasteiger partial charge on any atom is 0.168 e. The first-order chi connectivity index (χ1) is 12.3. The van der Waals surface area contributed by atoms with E-state index in [0.717, 1.165) is 29.7 Å². The molecule has 0 N–H and O–H groups in total. The van der Waals surface area contributed by atoms with Gasteiger partial charge in [0.25, 0.3) is 0 Å². The van der Waals surface area contributed by atoms with E-state index >= 15 is 0 Å². The third-order valence-electron chi connectivity index (χ3n) is 5.46. The molecule has 1 aliphatic carbocycles. The van der Waals surface area contributed by atoms with Crippen LogP contribution in [0, 0.1) is 17.2 Å². The third-order valence-corrected chi connectivity index (χ3v) is 5.46. The fraction of sp³-hybridized carbons (Fsp3) is 0.190. The molecular weight excluding hydrogens is 310 g/mol. The minimum absolute atomic E-state index is 0.00462. The van der Waals surface area contributed by atoms with Crippen molar-refractivity contribution in [2.75, 3.05) is 0 Å². The van der Waals surface area contributed by atoms with Crippen molar-refractivity contribution in [3.05, 3.63) is 77.2 Å². The summed E-state index contributed by atoms with van der Waals surface area (Å²) >= 11 is 0. The second kappa shape index (κ2) is 5.15. The van der Waals surface area contributed by atoms with Gasteiger partial charge in [-0.05, 0) is 42.2 Å². The third kappa shape index (κ3) is 1.93. The van der Waals surface area contributed by atoms with Crippen LogP contribution in [0.1, 0.15) is 39.5 Å². The molecule has 0 saturated heterocycles. The van der Waals surface area contributed by atoms with Gasteiger partial charge in [0.05, 0.1) is 35.9 Å². The minimum atomic E-state index is -0.1000. The predicted octanol–water partition coefficient (Wildman–Crippen LogP) is 3.77. The number of fused-ring (bicyclic) bond motifs is 4. The van der Waals surface area contributed by atoms with E-state index < -0.39 is 0 Å². The second-order valence-electron chi connectivity index (χ2n) is 6.71. The van der Waals surface area contributed by atoms with Crippen molar-refractivity contribution >= 4 is 5.78 Å². The van der Waals surface area contributed by atoms with E-state index in [1.165, 1.54) is 11.1 Å². The number of aryl methyl sites for hydroxylation is 1. The Morgan fingerprint density at radius 1 is 1.16 bits per heavy atom. The Morgan fingerprint density at radius 2 is 2.04 bits per heavy atom. The van der Waals surface area contributed by atoms with E-state index in [-0.39, 0.29) is 17.7 Å². The standard InChI is InChI=1S/C21H15N3O/c22-10-13-5-7-15-14(9-13)6-8-18(21(15)25)20-17-4-2-1-3-16(17)19-11-23-12-24(19)20/h1-5,7,9,11-12,18,20H,6,8H2. The lowest BCUT2D eigenvalue weighted by Gasteiger charge is -2.29. The molecule has 0 bridgehead atoms. The molecule has 0 saturated carbocycles. The van der Waals surface area contributed by atoms with Crippen LogP contribution in [0.5, 0.6) is 0 Å². The Bertz CT molecular complexity index is 1060. The summed E-state index contributed by atoms with van der Waals surface area (Å²) in [6, 6.07) is 15.9.